The van der Waals surface area contributed by atoms with Crippen molar-refractivity contribution >= 4 is 17.6 Å². The molecule has 5 heteroatoms. The van der Waals surface area contributed by atoms with E-state index in [0.29, 0.717) is 0 Å². The van der Waals surface area contributed by atoms with Crippen molar-refractivity contribution < 1.29 is 5.21 Å². The number of hydrogen-bond donors (Lipinski definition) is 1. The maximum atomic E-state index is 8.40. The molecule has 2 aromatic heterocycles. The van der Waals surface area contributed by atoms with Crippen molar-refractivity contribution in [2.75, 3.05) is 0 Å². The van der Waals surface area contributed by atoms with E-state index in [0.717, 1.165) is 36.4 Å². The maximum Gasteiger partial charge on any atom is 0.0958 e. The van der Waals surface area contributed by atoms with E-state index < -0.39 is 0 Å². The van der Waals surface area contributed by atoms with Crippen LogP contribution in [-0.4, -0.2) is 21.4 Å². The molecule has 0 unspecified atom stereocenters. The van der Waals surface area contributed by atoms with Crippen LogP contribution in [0, 0.1) is 0 Å². The second-order valence-corrected chi connectivity index (χ2v) is 4.92. The first-order valence-electron chi connectivity index (χ1n) is 5.89. The summed E-state index contributed by atoms with van der Waals surface area (Å²) in [4.78, 5) is 8.44. The number of thiazole rings is 1. The maximum absolute atomic E-state index is 8.40. The molecule has 0 saturated heterocycles. The Kier molecular flexibility index (Phi) is 4.84. The summed E-state index contributed by atoms with van der Waals surface area (Å²) in [5, 5.41) is 14.4. The number of aromatic nitrogens is 2. The number of oxime groups is 1. The highest BCUT2D eigenvalue weighted by Gasteiger charge is 2.00. The Labute approximate surface area is 110 Å². The molecular formula is C13H15N3OS. The van der Waals surface area contributed by atoms with Crippen LogP contribution in [0.5, 0.6) is 0 Å². The van der Waals surface area contributed by atoms with Gasteiger partial charge in [-0.2, -0.15) is 0 Å². The highest BCUT2D eigenvalue weighted by Crippen LogP contribution is 2.12. The van der Waals surface area contributed by atoms with Gasteiger partial charge in [0.2, 0.25) is 0 Å². The third-order valence-electron chi connectivity index (χ3n) is 2.59. The van der Waals surface area contributed by atoms with Gasteiger partial charge in [-0.25, -0.2) is 4.98 Å². The Bertz CT molecular complexity index is 496. The quantitative estimate of drug-likeness (QED) is 0.376. The van der Waals surface area contributed by atoms with Crippen LogP contribution in [0.1, 0.15) is 29.1 Å². The fourth-order valence-corrected chi connectivity index (χ4v) is 2.50. The van der Waals surface area contributed by atoms with Crippen molar-refractivity contribution in [1.82, 2.24) is 9.97 Å². The third kappa shape index (κ3) is 3.92. The Hall–Kier alpha value is -1.75. The van der Waals surface area contributed by atoms with Crippen molar-refractivity contribution in [3.8, 4) is 0 Å². The molecule has 0 aliphatic rings. The van der Waals surface area contributed by atoms with Crippen LogP contribution in [0.2, 0.25) is 0 Å². The molecule has 2 heterocycles. The molecule has 0 atom stereocenters. The van der Waals surface area contributed by atoms with Crippen molar-refractivity contribution in [2.24, 2.45) is 5.16 Å². The van der Waals surface area contributed by atoms with Crippen LogP contribution in [-0.2, 0) is 12.8 Å². The predicted molar refractivity (Wildman–Crippen MR) is 72.4 cm³/mol. The zero-order valence-corrected chi connectivity index (χ0v) is 10.8. The average Bonchev–Trinajstić information content (AvgIpc) is 2.84. The number of hydrogen-bond acceptors (Lipinski definition) is 5. The summed E-state index contributed by atoms with van der Waals surface area (Å²) >= 11 is 1.61. The van der Waals surface area contributed by atoms with Crippen LogP contribution in [0.15, 0.2) is 35.1 Å². The Morgan fingerprint density at radius 1 is 1.33 bits per heavy atom. The van der Waals surface area contributed by atoms with Crippen molar-refractivity contribution in [2.45, 2.75) is 25.7 Å². The van der Waals surface area contributed by atoms with Crippen LogP contribution >= 0.6 is 11.3 Å². The van der Waals surface area contributed by atoms with Crippen molar-refractivity contribution in [3.63, 3.8) is 0 Å². The number of aryl methyl sites for hydroxylation is 2. The summed E-state index contributed by atoms with van der Waals surface area (Å²) < 4.78 is 0. The summed E-state index contributed by atoms with van der Waals surface area (Å²) in [6.07, 6.45) is 9.35. The lowest BCUT2D eigenvalue weighted by molar-refractivity contribution is 0.321. The molecule has 0 amide bonds. The number of nitrogens with zero attached hydrogens (tertiary/aromatic N) is 3. The lowest BCUT2D eigenvalue weighted by atomic mass is 10.1. The molecular weight excluding hydrogens is 246 g/mol. The molecule has 0 aliphatic heterocycles. The highest BCUT2D eigenvalue weighted by atomic mass is 32.1. The van der Waals surface area contributed by atoms with Gasteiger partial charge in [0.15, 0.2) is 0 Å². The van der Waals surface area contributed by atoms with Crippen LogP contribution in [0.4, 0.5) is 0 Å². The smallest absolute Gasteiger partial charge is 0.0958 e. The number of rotatable bonds is 6. The summed E-state index contributed by atoms with van der Waals surface area (Å²) in [5.41, 5.74) is 2.01. The van der Waals surface area contributed by atoms with Gasteiger partial charge in [-0.15, -0.1) is 11.3 Å². The van der Waals surface area contributed by atoms with E-state index in [4.69, 9.17) is 5.21 Å². The Morgan fingerprint density at radius 3 is 3.00 bits per heavy atom. The Balaban J connectivity index is 1.72. The second kappa shape index (κ2) is 6.86. The molecule has 2 rings (SSSR count). The first-order valence-corrected chi connectivity index (χ1v) is 6.77. The van der Waals surface area contributed by atoms with Gasteiger partial charge in [0.05, 0.1) is 16.9 Å². The van der Waals surface area contributed by atoms with Gasteiger partial charge in [-0.1, -0.05) is 11.2 Å². The minimum absolute atomic E-state index is 0.727. The molecule has 0 saturated carbocycles. The molecule has 4 nitrogen and oxygen atoms in total. The predicted octanol–water partition coefficient (Wildman–Crippen LogP) is 2.91. The van der Waals surface area contributed by atoms with Gasteiger partial charge in [0, 0.05) is 17.8 Å². The molecule has 94 valence electrons. The zero-order chi connectivity index (χ0) is 12.6. The number of pyridine rings is 1. The van der Waals surface area contributed by atoms with E-state index in [9.17, 15) is 0 Å². The lowest BCUT2D eigenvalue weighted by Gasteiger charge is -1.99. The fourth-order valence-electron chi connectivity index (χ4n) is 1.71. The first kappa shape index (κ1) is 12.7. The van der Waals surface area contributed by atoms with Gasteiger partial charge in [0.25, 0.3) is 0 Å². The minimum atomic E-state index is 0.727. The van der Waals surface area contributed by atoms with Gasteiger partial charge < -0.3 is 5.21 Å². The van der Waals surface area contributed by atoms with E-state index in [1.165, 1.54) is 11.8 Å². The summed E-state index contributed by atoms with van der Waals surface area (Å²) in [5.74, 6) is 0. The normalized spacial score (nSPS) is 11.1. The third-order valence-corrected chi connectivity index (χ3v) is 3.52. The largest absolute Gasteiger partial charge is 0.411 e. The van der Waals surface area contributed by atoms with Crippen LogP contribution in [0.3, 0.4) is 0 Å². The molecule has 0 radical (unpaired) electrons. The average molecular weight is 261 g/mol. The molecule has 0 aromatic carbocycles. The van der Waals surface area contributed by atoms with Gasteiger partial charge in [-0.05, 0) is 37.3 Å². The van der Waals surface area contributed by atoms with E-state index in [1.807, 2.05) is 17.6 Å². The van der Waals surface area contributed by atoms with Crippen LogP contribution in [0.25, 0.3) is 0 Å². The number of unbranched alkanes of at least 4 members (excludes halogenated alkanes) is 1. The van der Waals surface area contributed by atoms with Crippen LogP contribution < -0.4 is 0 Å². The van der Waals surface area contributed by atoms with Gasteiger partial charge in [0.1, 0.15) is 0 Å². The fraction of sp³-hybridized carbons (Fsp3) is 0.308. The summed E-state index contributed by atoms with van der Waals surface area (Å²) in [7, 11) is 0. The molecule has 0 bridgehead atoms. The molecule has 1 N–H and O–H groups in total. The van der Waals surface area contributed by atoms with E-state index in [2.05, 4.69) is 21.2 Å². The van der Waals surface area contributed by atoms with E-state index in [-0.39, 0.29) is 0 Å². The molecule has 2 aromatic rings. The molecule has 0 fully saturated rings. The second-order valence-electron chi connectivity index (χ2n) is 3.98. The highest BCUT2D eigenvalue weighted by molar-refractivity contribution is 7.09. The minimum Gasteiger partial charge on any atom is -0.411 e. The zero-order valence-electron chi connectivity index (χ0n) is 9.99. The molecule has 18 heavy (non-hydrogen) atoms. The monoisotopic (exact) mass is 261 g/mol. The van der Waals surface area contributed by atoms with Crippen molar-refractivity contribution in [1.29, 1.82) is 0 Å². The van der Waals surface area contributed by atoms with Crippen molar-refractivity contribution in [3.05, 3.63) is 46.2 Å². The molecule has 0 spiro atoms. The molecule has 0 aliphatic carbocycles. The lowest BCUT2D eigenvalue weighted by Crippen LogP contribution is -1.90. The SMILES string of the molecule is O/N=C\c1csc(CCCCc2cccnc2)n1. The van der Waals surface area contributed by atoms with E-state index >= 15 is 0 Å². The van der Waals surface area contributed by atoms with Gasteiger partial charge in [-0.3, -0.25) is 4.98 Å². The standard InChI is InChI=1S/C13H15N3OS/c17-15-9-12-10-18-13(16-12)6-2-1-4-11-5-3-7-14-8-11/h3,5,7-10,17H,1-2,4,6H2/b15-9-. The summed E-state index contributed by atoms with van der Waals surface area (Å²) in [6, 6.07) is 4.07. The summed E-state index contributed by atoms with van der Waals surface area (Å²) in [6.45, 7) is 0. The van der Waals surface area contributed by atoms with E-state index in [1.54, 1.807) is 17.5 Å². The Morgan fingerprint density at radius 2 is 2.22 bits per heavy atom. The topological polar surface area (TPSA) is 58.4 Å². The first-order chi connectivity index (χ1) is 8.88. The van der Waals surface area contributed by atoms with Gasteiger partial charge >= 0.3 is 0 Å².